The Labute approximate surface area is 182 Å². The molecule has 7 nitrogen and oxygen atoms in total. The van der Waals surface area contributed by atoms with E-state index in [4.69, 9.17) is 14.2 Å². The molecule has 166 valence electrons. The maximum atomic E-state index is 12.9. The molecule has 1 aliphatic heterocycles. The largest absolute Gasteiger partial charge is 0.490 e. The maximum absolute atomic E-state index is 12.9. The van der Waals surface area contributed by atoms with Crippen molar-refractivity contribution in [1.29, 1.82) is 0 Å². The van der Waals surface area contributed by atoms with E-state index in [9.17, 15) is 14.7 Å². The highest BCUT2D eigenvalue weighted by atomic mass is 16.5. The van der Waals surface area contributed by atoms with E-state index in [1.54, 1.807) is 41.3 Å². The summed E-state index contributed by atoms with van der Waals surface area (Å²) in [7, 11) is 0. The van der Waals surface area contributed by atoms with Gasteiger partial charge in [-0.15, -0.1) is 0 Å². The molecule has 0 atom stereocenters. The lowest BCUT2D eigenvalue weighted by molar-refractivity contribution is 0.0302. The molecule has 0 spiro atoms. The molecule has 0 aromatic heterocycles. The molecule has 1 N–H and O–H groups in total. The second-order valence-electron chi connectivity index (χ2n) is 7.42. The lowest BCUT2D eigenvalue weighted by atomic mass is 10.1. The molecular formula is C24H29NO6. The van der Waals surface area contributed by atoms with E-state index < -0.39 is 5.97 Å². The van der Waals surface area contributed by atoms with Crippen molar-refractivity contribution < 1.29 is 28.9 Å². The standard InChI is InChI=1S/C24H29NO6/c1-2-3-4-12-30-21-9-8-19(23(26)25-10-13-29-14-11-25)16-22(21)31-17-18-6-5-7-20(15-18)24(27)28/h5-9,15-16H,2-4,10-14,17H2,1H3,(H,27,28). The number of carbonyl (C=O) groups excluding carboxylic acids is 1. The van der Waals surface area contributed by atoms with E-state index in [-0.39, 0.29) is 18.1 Å². The van der Waals surface area contributed by atoms with Gasteiger partial charge in [0.15, 0.2) is 11.5 Å². The van der Waals surface area contributed by atoms with Gasteiger partial charge in [-0.25, -0.2) is 4.79 Å². The van der Waals surface area contributed by atoms with Crippen LogP contribution in [0.25, 0.3) is 0 Å². The zero-order valence-corrected chi connectivity index (χ0v) is 17.8. The highest BCUT2D eigenvalue weighted by Gasteiger charge is 2.20. The van der Waals surface area contributed by atoms with Gasteiger partial charge in [0.2, 0.25) is 0 Å². The van der Waals surface area contributed by atoms with Gasteiger partial charge in [0.25, 0.3) is 5.91 Å². The Hall–Kier alpha value is -3.06. The summed E-state index contributed by atoms with van der Waals surface area (Å²) >= 11 is 0. The highest BCUT2D eigenvalue weighted by Crippen LogP contribution is 2.30. The molecule has 0 unspecified atom stereocenters. The van der Waals surface area contributed by atoms with Gasteiger partial charge in [-0.3, -0.25) is 4.79 Å². The van der Waals surface area contributed by atoms with Crippen LogP contribution in [0.1, 0.15) is 52.5 Å². The van der Waals surface area contributed by atoms with Crippen LogP contribution in [0.5, 0.6) is 11.5 Å². The minimum absolute atomic E-state index is 0.0708. The molecule has 0 saturated carbocycles. The quantitative estimate of drug-likeness (QED) is 0.577. The number of unbranched alkanes of at least 4 members (excludes halogenated alkanes) is 2. The van der Waals surface area contributed by atoms with Crippen molar-refractivity contribution in [3.8, 4) is 11.5 Å². The lowest BCUT2D eigenvalue weighted by Crippen LogP contribution is -2.40. The third kappa shape index (κ3) is 6.46. The smallest absolute Gasteiger partial charge is 0.335 e. The Balaban J connectivity index is 1.76. The molecule has 0 aliphatic carbocycles. The summed E-state index contributed by atoms with van der Waals surface area (Å²) < 4.78 is 17.2. The van der Waals surface area contributed by atoms with Gasteiger partial charge >= 0.3 is 5.97 Å². The fourth-order valence-electron chi connectivity index (χ4n) is 3.31. The number of carboxylic acids is 1. The number of rotatable bonds is 10. The lowest BCUT2D eigenvalue weighted by Gasteiger charge is -2.27. The molecule has 1 heterocycles. The first-order valence-electron chi connectivity index (χ1n) is 10.7. The summed E-state index contributed by atoms with van der Waals surface area (Å²) in [6.45, 7) is 5.06. The Bertz CT molecular complexity index is 891. The normalized spacial score (nSPS) is 13.6. The molecule has 3 rings (SSSR count). The predicted octanol–water partition coefficient (Wildman–Crippen LogP) is 4.01. The van der Waals surface area contributed by atoms with Crippen molar-refractivity contribution >= 4 is 11.9 Å². The summed E-state index contributed by atoms with van der Waals surface area (Å²) in [5, 5.41) is 9.19. The van der Waals surface area contributed by atoms with Gasteiger partial charge in [-0.1, -0.05) is 31.9 Å². The zero-order chi connectivity index (χ0) is 22.1. The van der Waals surface area contributed by atoms with Crippen molar-refractivity contribution in [2.75, 3.05) is 32.9 Å². The maximum Gasteiger partial charge on any atom is 0.335 e. The van der Waals surface area contributed by atoms with Crippen LogP contribution in [0.2, 0.25) is 0 Å². The molecule has 2 aromatic carbocycles. The van der Waals surface area contributed by atoms with E-state index >= 15 is 0 Å². The van der Waals surface area contributed by atoms with E-state index in [0.29, 0.717) is 50.0 Å². The summed E-state index contributed by atoms with van der Waals surface area (Å²) in [5.74, 6) is -0.0150. The Morgan fingerprint density at radius 3 is 2.55 bits per heavy atom. The minimum atomic E-state index is -0.986. The first-order chi connectivity index (χ1) is 15.1. The molecule has 1 fully saturated rings. The zero-order valence-electron chi connectivity index (χ0n) is 17.8. The van der Waals surface area contributed by atoms with Crippen molar-refractivity contribution in [3.05, 3.63) is 59.2 Å². The number of aromatic carboxylic acids is 1. The number of benzene rings is 2. The van der Waals surface area contributed by atoms with Crippen LogP contribution in [0.4, 0.5) is 0 Å². The second kappa shape index (κ2) is 11.4. The van der Waals surface area contributed by atoms with Crippen LogP contribution in [-0.2, 0) is 11.3 Å². The predicted molar refractivity (Wildman–Crippen MR) is 116 cm³/mol. The average molecular weight is 427 g/mol. The van der Waals surface area contributed by atoms with Crippen LogP contribution in [-0.4, -0.2) is 54.8 Å². The monoisotopic (exact) mass is 427 g/mol. The number of carboxylic acid groups (broad SMARTS) is 1. The summed E-state index contributed by atoms with van der Waals surface area (Å²) in [5.41, 5.74) is 1.45. The van der Waals surface area contributed by atoms with Crippen molar-refractivity contribution in [2.45, 2.75) is 32.8 Å². The molecule has 2 aromatic rings. The SMILES string of the molecule is CCCCCOc1ccc(C(=O)N2CCOCC2)cc1OCc1cccc(C(=O)O)c1. The van der Waals surface area contributed by atoms with Crippen LogP contribution >= 0.6 is 0 Å². The minimum Gasteiger partial charge on any atom is -0.490 e. The number of nitrogens with zero attached hydrogens (tertiary/aromatic N) is 1. The number of hydrogen-bond donors (Lipinski definition) is 1. The third-order valence-electron chi connectivity index (χ3n) is 5.06. The number of amides is 1. The van der Waals surface area contributed by atoms with E-state index in [0.717, 1.165) is 24.8 Å². The van der Waals surface area contributed by atoms with E-state index in [2.05, 4.69) is 6.92 Å². The van der Waals surface area contributed by atoms with Crippen LogP contribution in [0, 0.1) is 0 Å². The number of morpholine rings is 1. The average Bonchev–Trinajstić information content (AvgIpc) is 2.81. The topological polar surface area (TPSA) is 85.3 Å². The Morgan fingerprint density at radius 1 is 1.00 bits per heavy atom. The van der Waals surface area contributed by atoms with Crippen LogP contribution in [0.15, 0.2) is 42.5 Å². The Kier molecular flexibility index (Phi) is 8.29. The van der Waals surface area contributed by atoms with Gasteiger partial charge in [-0.05, 0) is 42.3 Å². The van der Waals surface area contributed by atoms with Gasteiger partial charge in [-0.2, -0.15) is 0 Å². The summed E-state index contributed by atoms with van der Waals surface area (Å²) in [6, 6.07) is 11.8. The molecular weight excluding hydrogens is 398 g/mol. The van der Waals surface area contributed by atoms with Gasteiger partial charge in [0, 0.05) is 18.7 Å². The Morgan fingerprint density at radius 2 is 1.81 bits per heavy atom. The first kappa shape index (κ1) is 22.6. The molecule has 1 saturated heterocycles. The van der Waals surface area contributed by atoms with Gasteiger partial charge in [0.05, 0.1) is 25.4 Å². The van der Waals surface area contributed by atoms with Crippen LogP contribution in [0.3, 0.4) is 0 Å². The van der Waals surface area contributed by atoms with Gasteiger partial charge < -0.3 is 24.2 Å². The van der Waals surface area contributed by atoms with Crippen molar-refractivity contribution in [3.63, 3.8) is 0 Å². The third-order valence-corrected chi connectivity index (χ3v) is 5.06. The number of hydrogen-bond acceptors (Lipinski definition) is 5. The van der Waals surface area contributed by atoms with Crippen LogP contribution < -0.4 is 9.47 Å². The molecule has 0 bridgehead atoms. The molecule has 0 radical (unpaired) electrons. The number of ether oxygens (including phenoxy) is 3. The van der Waals surface area contributed by atoms with Crippen molar-refractivity contribution in [2.24, 2.45) is 0 Å². The molecule has 31 heavy (non-hydrogen) atoms. The van der Waals surface area contributed by atoms with Gasteiger partial charge in [0.1, 0.15) is 6.61 Å². The fourth-order valence-corrected chi connectivity index (χ4v) is 3.31. The number of carbonyl (C=O) groups is 2. The summed E-state index contributed by atoms with van der Waals surface area (Å²) in [4.78, 5) is 25.8. The first-order valence-corrected chi connectivity index (χ1v) is 10.7. The molecule has 7 heteroatoms. The molecule has 1 amide bonds. The summed E-state index contributed by atoms with van der Waals surface area (Å²) in [6.07, 6.45) is 3.11. The second-order valence-corrected chi connectivity index (χ2v) is 7.42. The van der Waals surface area contributed by atoms with Crippen molar-refractivity contribution in [1.82, 2.24) is 4.90 Å². The van der Waals surface area contributed by atoms with E-state index in [1.165, 1.54) is 6.07 Å². The highest BCUT2D eigenvalue weighted by molar-refractivity contribution is 5.95. The molecule has 1 aliphatic rings. The fraction of sp³-hybridized carbons (Fsp3) is 0.417. The van der Waals surface area contributed by atoms with E-state index in [1.807, 2.05) is 0 Å².